The molecule has 154 valence electrons. The first-order valence-corrected chi connectivity index (χ1v) is 10.2. The molecular weight excluding hydrogens is 418 g/mol. The number of ether oxygens (including phenoxy) is 2. The normalized spacial score (nSPS) is 21.9. The van der Waals surface area contributed by atoms with Crippen LogP contribution in [0, 0.1) is 5.82 Å². The molecule has 1 amide bonds. The van der Waals surface area contributed by atoms with Gasteiger partial charge in [0.1, 0.15) is 12.4 Å². The van der Waals surface area contributed by atoms with Crippen molar-refractivity contribution in [1.82, 2.24) is 9.80 Å². The number of hydrogen-bond acceptors (Lipinski definition) is 4. The van der Waals surface area contributed by atoms with Crippen molar-refractivity contribution in [2.45, 2.75) is 25.6 Å². The third-order valence-electron chi connectivity index (χ3n) is 5.24. The minimum Gasteiger partial charge on any atom is -0.485 e. The zero-order valence-electron chi connectivity index (χ0n) is 15.9. The maximum Gasteiger partial charge on any atom is 0.267 e. The zero-order chi connectivity index (χ0) is 20.5. The van der Waals surface area contributed by atoms with E-state index in [0.717, 1.165) is 25.2 Å². The molecule has 0 aliphatic carbocycles. The molecule has 0 aromatic heterocycles. The number of benzene rings is 2. The van der Waals surface area contributed by atoms with E-state index in [9.17, 15) is 9.18 Å². The minimum absolute atomic E-state index is 0.0236. The van der Waals surface area contributed by atoms with Crippen molar-refractivity contribution in [3.05, 3.63) is 57.8 Å². The van der Waals surface area contributed by atoms with Gasteiger partial charge in [0, 0.05) is 44.4 Å². The molecule has 2 aromatic carbocycles. The van der Waals surface area contributed by atoms with Gasteiger partial charge in [0.2, 0.25) is 6.10 Å². The number of nitrogens with zero attached hydrogens (tertiary/aromatic N) is 2. The Balaban J connectivity index is 1.37. The summed E-state index contributed by atoms with van der Waals surface area (Å²) < 4.78 is 24.6. The fourth-order valence-corrected chi connectivity index (χ4v) is 4.03. The molecular formula is C21H21Cl2FN2O3. The van der Waals surface area contributed by atoms with Crippen LogP contribution >= 0.6 is 23.2 Å². The van der Waals surface area contributed by atoms with Crippen LogP contribution in [0.2, 0.25) is 10.0 Å². The molecule has 2 aliphatic rings. The summed E-state index contributed by atoms with van der Waals surface area (Å²) in [5.74, 6) is 0.570. The summed E-state index contributed by atoms with van der Waals surface area (Å²) in [5, 5.41) is 0.731. The second-order valence-corrected chi connectivity index (χ2v) is 8.19. The molecule has 8 heteroatoms. The predicted octanol–water partition coefficient (Wildman–Crippen LogP) is 4.01. The third-order valence-corrected chi connectivity index (χ3v) is 5.96. The molecule has 5 nitrogen and oxygen atoms in total. The lowest BCUT2D eigenvalue weighted by atomic mass is 10.1. The van der Waals surface area contributed by atoms with E-state index in [1.54, 1.807) is 24.3 Å². The maximum absolute atomic E-state index is 13.1. The Morgan fingerprint density at radius 1 is 1.14 bits per heavy atom. The molecule has 0 saturated carbocycles. The molecule has 2 aliphatic heterocycles. The molecule has 2 atom stereocenters. The second kappa shape index (κ2) is 8.38. The average molecular weight is 439 g/mol. The van der Waals surface area contributed by atoms with E-state index in [0.29, 0.717) is 28.1 Å². The van der Waals surface area contributed by atoms with Gasteiger partial charge in [-0.15, -0.1) is 0 Å². The number of carbonyl (C=O) groups excluding carboxylic acids is 1. The number of fused-ring (bicyclic) bond motifs is 1. The largest absolute Gasteiger partial charge is 0.485 e. The zero-order valence-corrected chi connectivity index (χ0v) is 17.4. The van der Waals surface area contributed by atoms with Crippen molar-refractivity contribution in [3.8, 4) is 11.5 Å². The average Bonchev–Trinajstić information content (AvgIpc) is 2.70. The molecule has 29 heavy (non-hydrogen) atoms. The fourth-order valence-electron chi connectivity index (χ4n) is 3.73. The number of piperazine rings is 1. The number of amides is 1. The first-order chi connectivity index (χ1) is 13.9. The predicted molar refractivity (Wildman–Crippen MR) is 109 cm³/mol. The summed E-state index contributed by atoms with van der Waals surface area (Å²) in [4.78, 5) is 17.1. The lowest BCUT2D eigenvalue weighted by Gasteiger charge is -2.41. The molecule has 4 rings (SSSR count). The third kappa shape index (κ3) is 4.44. The Labute approximate surface area is 178 Å². The van der Waals surface area contributed by atoms with Gasteiger partial charge in [0.25, 0.3) is 5.91 Å². The molecule has 2 aromatic rings. The topological polar surface area (TPSA) is 42.0 Å². The van der Waals surface area contributed by atoms with Gasteiger partial charge < -0.3 is 14.4 Å². The van der Waals surface area contributed by atoms with Gasteiger partial charge in [-0.05, 0) is 24.6 Å². The van der Waals surface area contributed by atoms with Gasteiger partial charge in [-0.2, -0.15) is 0 Å². The first-order valence-electron chi connectivity index (χ1n) is 9.46. The monoisotopic (exact) mass is 438 g/mol. The smallest absolute Gasteiger partial charge is 0.267 e. The fraction of sp³-hybridized carbons (Fsp3) is 0.381. The van der Waals surface area contributed by atoms with E-state index in [-0.39, 0.29) is 24.4 Å². The van der Waals surface area contributed by atoms with Gasteiger partial charge in [-0.3, -0.25) is 9.69 Å². The van der Waals surface area contributed by atoms with Crippen LogP contribution in [0.5, 0.6) is 11.5 Å². The quantitative estimate of drug-likeness (QED) is 0.725. The van der Waals surface area contributed by atoms with Crippen molar-refractivity contribution in [1.29, 1.82) is 0 Å². The first kappa shape index (κ1) is 20.3. The Morgan fingerprint density at radius 3 is 2.52 bits per heavy atom. The van der Waals surface area contributed by atoms with E-state index in [4.69, 9.17) is 32.7 Å². The van der Waals surface area contributed by atoms with Gasteiger partial charge >= 0.3 is 0 Å². The van der Waals surface area contributed by atoms with Crippen LogP contribution in [0.4, 0.5) is 4.39 Å². The summed E-state index contributed by atoms with van der Waals surface area (Å²) in [7, 11) is 0. The Morgan fingerprint density at radius 2 is 1.83 bits per heavy atom. The lowest BCUT2D eigenvalue weighted by molar-refractivity contribution is -0.145. The Hall–Kier alpha value is -2.02. The molecule has 1 saturated heterocycles. The highest BCUT2D eigenvalue weighted by Crippen LogP contribution is 2.39. The highest BCUT2D eigenvalue weighted by Gasteiger charge is 2.36. The van der Waals surface area contributed by atoms with Gasteiger partial charge in [-0.25, -0.2) is 4.39 Å². The van der Waals surface area contributed by atoms with E-state index in [1.165, 1.54) is 12.1 Å². The van der Waals surface area contributed by atoms with Crippen molar-refractivity contribution < 1.29 is 18.7 Å². The van der Waals surface area contributed by atoms with Crippen molar-refractivity contribution in [3.63, 3.8) is 0 Å². The number of carbonyl (C=O) groups is 1. The van der Waals surface area contributed by atoms with E-state index >= 15 is 0 Å². The lowest BCUT2D eigenvalue weighted by Crippen LogP contribution is -2.57. The summed E-state index contributed by atoms with van der Waals surface area (Å²) in [6.45, 7) is 4.93. The van der Waals surface area contributed by atoms with Crippen molar-refractivity contribution in [2.75, 3.05) is 26.2 Å². The molecule has 2 unspecified atom stereocenters. The van der Waals surface area contributed by atoms with Gasteiger partial charge in [0.05, 0.1) is 10.0 Å². The summed E-state index contributed by atoms with van der Waals surface area (Å²) in [6.07, 6.45) is -0.717. The summed E-state index contributed by atoms with van der Waals surface area (Å²) >= 11 is 12.0. The summed E-state index contributed by atoms with van der Waals surface area (Å²) in [5.41, 5.74) is 1.05. The maximum atomic E-state index is 13.1. The molecule has 0 spiro atoms. The van der Waals surface area contributed by atoms with Crippen molar-refractivity contribution in [2.24, 2.45) is 0 Å². The number of hydrogen-bond donors (Lipinski definition) is 0. The van der Waals surface area contributed by atoms with E-state index in [1.807, 2.05) is 11.8 Å². The molecule has 0 N–H and O–H groups in total. The van der Waals surface area contributed by atoms with Crippen LogP contribution in [0.25, 0.3) is 0 Å². The molecule has 0 radical (unpaired) electrons. The van der Waals surface area contributed by atoms with Crippen LogP contribution in [-0.4, -0.2) is 54.1 Å². The minimum atomic E-state index is -0.717. The van der Waals surface area contributed by atoms with Crippen molar-refractivity contribution >= 4 is 29.1 Å². The van der Waals surface area contributed by atoms with E-state index in [2.05, 4.69) is 4.90 Å². The standard InChI is InChI=1S/C21H21Cl2FN2O3/c1-13-10-25(11-14-2-4-15(24)5-3-14)6-7-26(13)21(27)20-12-28-18-8-16(22)17(23)9-19(18)29-20/h2-5,8-9,13,20H,6-7,10-12H2,1H3. The van der Waals surface area contributed by atoms with Crippen LogP contribution in [-0.2, 0) is 11.3 Å². The van der Waals surface area contributed by atoms with Gasteiger partial charge in [0.15, 0.2) is 11.5 Å². The number of rotatable bonds is 3. The Kier molecular flexibility index (Phi) is 5.86. The highest BCUT2D eigenvalue weighted by atomic mass is 35.5. The molecule has 1 fully saturated rings. The molecule has 0 bridgehead atoms. The van der Waals surface area contributed by atoms with Crippen LogP contribution < -0.4 is 9.47 Å². The highest BCUT2D eigenvalue weighted by molar-refractivity contribution is 6.42. The van der Waals surface area contributed by atoms with Crippen LogP contribution in [0.3, 0.4) is 0 Å². The number of halogens is 3. The Bertz CT molecular complexity index is 910. The van der Waals surface area contributed by atoms with E-state index < -0.39 is 6.10 Å². The van der Waals surface area contributed by atoms with Crippen LogP contribution in [0.1, 0.15) is 12.5 Å². The second-order valence-electron chi connectivity index (χ2n) is 7.37. The molecule has 2 heterocycles. The SMILES string of the molecule is CC1CN(Cc2ccc(F)cc2)CCN1C(=O)C1COc2cc(Cl)c(Cl)cc2O1. The van der Waals surface area contributed by atoms with Crippen LogP contribution in [0.15, 0.2) is 36.4 Å². The van der Waals surface area contributed by atoms with Gasteiger partial charge in [-0.1, -0.05) is 35.3 Å². The summed E-state index contributed by atoms with van der Waals surface area (Å²) in [6, 6.07) is 9.71.